The summed E-state index contributed by atoms with van der Waals surface area (Å²) < 4.78 is 31.1. The molecule has 180 valence electrons. The minimum Gasteiger partial charge on any atom is -0.239 e. The average Bonchev–Trinajstić information content (AvgIpc) is 2.86. The standard InChI is InChI=1S/C31H42F2/c1-3-5-7-10-23-13-15-24(16-14-23)25-17-19-27(20-18-25)31(21-6-4-2)22-26-11-8-9-12-28(26)29(32)30(31)33/h4,7-12,22-25,27,30H,2-3,5-6,13-21H2,1H3/b10-7+. The van der Waals surface area contributed by atoms with E-state index in [1.165, 1.54) is 51.4 Å². The molecule has 2 unspecified atom stereocenters. The van der Waals surface area contributed by atoms with E-state index in [2.05, 4.69) is 31.7 Å². The van der Waals surface area contributed by atoms with Gasteiger partial charge < -0.3 is 0 Å². The maximum Gasteiger partial charge on any atom is 0.161 e. The summed E-state index contributed by atoms with van der Waals surface area (Å²) in [5.74, 6) is 2.01. The van der Waals surface area contributed by atoms with Gasteiger partial charge in [0.05, 0.1) is 0 Å². The fourth-order valence-corrected chi connectivity index (χ4v) is 7.05. The smallest absolute Gasteiger partial charge is 0.161 e. The summed E-state index contributed by atoms with van der Waals surface area (Å²) in [7, 11) is 0. The summed E-state index contributed by atoms with van der Waals surface area (Å²) in [5, 5.41) is 1.31. The summed E-state index contributed by atoms with van der Waals surface area (Å²) in [6.07, 6.45) is 20.8. The molecular weight excluding hydrogens is 410 g/mol. The van der Waals surface area contributed by atoms with Gasteiger partial charge in [-0.25, -0.2) is 8.78 Å². The third-order valence-electron chi connectivity index (χ3n) is 9.00. The molecule has 2 fully saturated rings. The molecule has 2 heteroatoms. The Morgan fingerprint density at radius 3 is 2.30 bits per heavy atom. The SMILES string of the molecule is C=CCCC1(C2CCC(C3CCC(/C=C/CCC)CC3)CC2)C=c2ccccc2=C(F)C1F. The quantitative estimate of drug-likeness (QED) is 0.353. The van der Waals surface area contributed by atoms with Crippen LogP contribution in [0.15, 0.2) is 49.1 Å². The van der Waals surface area contributed by atoms with Crippen molar-refractivity contribution in [2.45, 2.75) is 90.1 Å². The van der Waals surface area contributed by atoms with Crippen LogP contribution < -0.4 is 10.4 Å². The maximum atomic E-state index is 15.8. The van der Waals surface area contributed by atoms with Crippen LogP contribution in [-0.4, -0.2) is 6.17 Å². The molecule has 3 aliphatic carbocycles. The molecule has 2 atom stereocenters. The van der Waals surface area contributed by atoms with Gasteiger partial charge in [-0.2, -0.15) is 0 Å². The number of rotatable bonds is 8. The van der Waals surface area contributed by atoms with E-state index in [1.54, 1.807) is 12.1 Å². The lowest BCUT2D eigenvalue weighted by atomic mass is 9.59. The van der Waals surface area contributed by atoms with Crippen molar-refractivity contribution in [3.8, 4) is 0 Å². The predicted octanol–water partition coefficient (Wildman–Crippen LogP) is 7.82. The summed E-state index contributed by atoms with van der Waals surface area (Å²) in [4.78, 5) is 0. The number of unbranched alkanes of at least 4 members (excludes halogenated alkanes) is 1. The van der Waals surface area contributed by atoms with Crippen molar-refractivity contribution in [3.05, 3.63) is 59.5 Å². The Morgan fingerprint density at radius 1 is 0.970 bits per heavy atom. The molecular formula is C31H42F2. The second-order valence-corrected chi connectivity index (χ2v) is 10.9. The lowest BCUT2D eigenvalue weighted by Crippen LogP contribution is -2.48. The van der Waals surface area contributed by atoms with Crippen LogP contribution in [0.4, 0.5) is 8.78 Å². The van der Waals surface area contributed by atoms with E-state index in [0.717, 1.165) is 42.2 Å². The molecule has 2 saturated carbocycles. The zero-order chi connectivity index (χ0) is 23.3. The Balaban J connectivity index is 1.44. The first-order chi connectivity index (χ1) is 16.1. The first-order valence-corrected chi connectivity index (χ1v) is 13.5. The van der Waals surface area contributed by atoms with Gasteiger partial charge in [0.2, 0.25) is 0 Å². The van der Waals surface area contributed by atoms with Crippen LogP contribution in [-0.2, 0) is 0 Å². The summed E-state index contributed by atoms with van der Waals surface area (Å²) >= 11 is 0. The molecule has 0 amide bonds. The normalized spacial score (nSPS) is 34.6. The number of alkyl halides is 1. The highest BCUT2D eigenvalue weighted by Gasteiger charge is 2.48. The minimum atomic E-state index is -1.54. The summed E-state index contributed by atoms with van der Waals surface area (Å²) in [6, 6.07) is 7.40. The number of halogens is 2. The number of hydrogen-bond donors (Lipinski definition) is 0. The van der Waals surface area contributed by atoms with Crippen LogP contribution in [0.5, 0.6) is 0 Å². The van der Waals surface area contributed by atoms with Crippen molar-refractivity contribution < 1.29 is 8.78 Å². The van der Waals surface area contributed by atoms with E-state index < -0.39 is 17.4 Å². The molecule has 0 aliphatic heterocycles. The predicted molar refractivity (Wildman–Crippen MR) is 136 cm³/mol. The third-order valence-corrected chi connectivity index (χ3v) is 9.00. The van der Waals surface area contributed by atoms with Gasteiger partial charge in [0.25, 0.3) is 0 Å². The largest absolute Gasteiger partial charge is 0.239 e. The molecule has 1 aromatic carbocycles. The molecule has 0 aromatic heterocycles. The molecule has 0 spiro atoms. The second kappa shape index (κ2) is 11.2. The topological polar surface area (TPSA) is 0 Å². The van der Waals surface area contributed by atoms with Crippen molar-refractivity contribution >= 4 is 11.9 Å². The monoisotopic (exact) mass is 452 g/mol. The van der Waals surface area contributed by atoms with Crippen molar-refractivity contribution in [1.82, 2.24) is 0 Å². The highest BCUT2D eigenvalue weighted by Crippen LogP contribution is 2.52. The fraction of sp³-hybridized carbons (Fsp3) is 0.613. The van der Waals surface area contributed by atoms with E-state index in [-0.39, 0.29) is 5.92 Å². The molecule has 4 rings (SSSR count). The number of allylic oxidation sites excluding steroid dienone is 3. The van der Waals surface area contributed by atoms with E-state index in [0.29, 0.717) is 11.6 Å². The van der Waals surface area contributed by atoms with Crippen LogP contribution in [0.2, 0.25) is 0 Å². The van der Waals surface area contributed by atoms with Gasteiger partial charge in [0.15, 0.2) is 6.17 Å². The van der Waals surface area contributed by atoms with Crippen LogP contribution in [0.3, 0.4) is 0 Å². The Kier molecular flexibility index (Phi) is 8.25. The van der Waals surface area contributed by atoms with Gasteiger partial charge >= 0.3 is 0 Å². The van der Waals surface area contributed by atoms with E-state index in [4.69, 9.17) is 0 Å². The van der Waals surface area contributed by atoms with Crippen molar-refractivity contribution in [2.75, 3.05) is 0 Å². The fourth-order valence-electron chi connectivity index (χ4n) is 7.05. The number of benzene rings is 1. The zero-order valence-electron chi connectivity index (χ0n) is 20.5. The van der Waals surface area contributed by atoms with Crippen LogP contribution in [0.25, 0.3) is 11.9 Å². The Morgan fingerprint density at radius 2 is 1.64 bits per heavy atom. The van der Waals surface area contributed by atoms with Gasteiger partial charge in [0.1, 0.15) is 5.83 Å². The molecule has 1 aromatic rings. The van der Waals surface area contributed by atoms with Crippen molar-refractivity contribution in [1.29, 1.82) is 0 Å². The Bertz CT molecular complexity index is 928. The van der Waals surface area contributed by atoms with Gasteiger partial charge in [-0.15, -0.1) is 6.58 Å². The minimum absolute atomic E-state index is 0.205. The highest BCUT2D eigenvalue weighted by atomic mass is 19.2. The van der Waals surface area contributed by atoms with E-state index >= 15 is 8.78 Å². The van der Waals surface area contributed by atoms with Crippen LogP contribution in [0, 0.1) is 29.1 Å². The van der Waals surface area contributed by atoms with Crippen molar-refractivity contribution in [2.24, 2.45) is 29.1 Å². The molecule has 0 bridgehead atoms. The molecule has 33 heavy (non-hydrogen) atoms. The molecule has 0 nitrogen and oxygen atoms in total. The lowest BCUT2D eigenvalue weighted by molar-refractivity contribution is 0.0608. The van der Waals surface area contributed by atoms with E-state index in [9.17, 15) is 0 Å². The number of fused-ring (bicyclic) bond motifs is 1. The van der Waals surface area contributed by atoms with Gasteiger partial charge in [-0.1, -0.05) is 61.9 Å². The summed E-state index contributed by atoms with van der Waals surface area (Å²) in [5.41, 5.74) is -0.737. The maximum absolute atomic E-state index is 15.8. The third kappa shape index (κ3) is 5.20. The van der Waals surface area contributed by atoms with E-state index in [1.807, 2.05) is 18.2 Å². The lowest BCUT2D eigenvalue weighted by Gasteiger charge is -2.46. The molecule has 0 N–H and O–H groups in total. The Hall–Kier alpha value is -1.70. The molecule has 3 aliphatic rings. The van der Waals surface area contributed by atoms with Gasteiger partial charge in [-0.3, -0.25) is 0 Å². The zero-order valence-corrected chi connectivity index (χ0v) is 20.5. The second-order valence-electron chi connectivity index (χ2n) is 10.9. The molecule has 0 heterocycles. The van der Waals surface area contributed by atoms with Crippen molar-refractivity contribution in [3.63, 3.8) is 0 Å². The van der Waals surface area contributed by atoms with Gasteiger partial charge in [-0.05, 0) is 99.5 Å². The summed E-state index contributed by atoms with van der Waals surface area (Å²) in [6.45, 7) is 6.11. The highest BCUT2D eigenvalue weighted by molar-refractivity contribution is 5.55. The molecule has 0 radical (unpaired) electrons. The first kappa shape index (κ1) is 24.4. The average molecular weight is 453 g/mol. The van der Waals surface area contributed by atoms with Crippen LogP contribution >= 0.6 is 0 Å². The van der Waals surface area contributed by atoms with Gasteiger partial charge in [0, 0.05) is 10.6 Å². The van der Waals surface area contributed by atoms with Crippen LogP contribution in [0.1, 0.15) is 84.0 Å². The number of hydrogen-bond acceptors (Lipinski definition) is 0. The Labute approximate surface area is 199 Å². The first-order valence-electron chi connectivity index (χ1n) is 13.5. The molecule has 0 saturated heterocycles.